The van der Waals surface area contributed by atoms with Crippen LogP contribution in [0.25, 0.3) is 0 Å². The molecule has 1 aromatic heterocycles. The number of imidazole rings is 1. The van der Waals surface area contributed by atoms with Gasteiger partial charge >= 0.3 is 5.97 Å². The van der Waals surface area contributed by atoms with E-state index in [-0.39, 0.29) is 12.0 Å². The number of ether oxygens (including phenoxy) is 1. The Kier molecular flexibility index (Phi) is 4.15. The first kappa shape index (κ1) is 15.0. The van der Waals surface area contributed by atoms with Gasteiger partial charge in [-0.1, -0.05) is 0 Å². The molecular formula is C15H21N3O4. The van der Waals surface area contributed by atoms with Crippen molar-refractivity contribution >= 4 is 11.9 Å². The van der Waals surface area contributed by atoms with Crippen molar-refractivity contribution in [3.63, 3.8) is 0 Å². The van der Waals surface area contributed by atoms with Crippen LogP contribution in [0.1, 0.15) is 32.1 Å². The standard InChI is InChI=1S/C15H21N3O4/c19-13(12-3-1-2-10-22-12)17-7-4-15(5-8-17,14(20)21)18-9-6-16-11-18/h6,9,11-12H,1-5,7-8,10H2,(H,20,21)/t12-/m1/s1. The molecule has 7 heteroatoms. The van der Waals surface area contributed by atoms with Gasteiger partial charge in [0.15, 0.2) is 0 Å². The molecule has 0 unspecified atom stereocenters. The molecule has 0 bridgehead atoms. The molecular weight excluding hydrogens is 286 g/mol. The summed E-state index contributed by atoms with van der Waals surface area (Å²) in [5.74, 6) is -0.865. The average Bonchev–Trinajstić information content (AvgIpc) is 3.10. The molecule has 0 radical (unpaired) electrons. The maximum Gasteiger partial charge on any atom is 0.330 e. The molecule has 0 spiro atoms. The highest BCUT2D eigenvalue weighted by Gasteiger charge is 2.44. The first-order chi connectivity index (χ1) is 10.6. The molecule has 0 saturated carbocycles. The van der Waals surface area contributed by atoms with Crippen LogP contribution in [0.2, 0.25) is 0 Å². The van der Waals surface area contributed by atoms with Gasteiger partial charge < -0.3 is 19.3 Å². The van der Waals surface area contributed by atoms with E-state index in [1.165, 1.54) is 6.33 Å². The molecule has 3 rings (SSSR count). The lowest BCUT2D eigenvalue weighted by Gasteiger charge is -2.40. The zero-order chi connectivity index (χ0) is 15.6. The first-order valence-corrected chi connectivity index (χ1v) is 7.76. The Hall–Kier alpha value is -1.89. The molecule has 1 N–H and O–H groups in total. The van der Waals surface area contributed by atoms with Gasteiger partial charge in [0.25, 0.3) is 5.91 Å². The van der Waals surface area contributed by atoms with Crippen molar-refractivity contribution in [1.29, 1.82) is 0 Å². The first-order valence-electron chi connectivity index (χ1n) is 7.76. The minimum atomic E-state index is -0.999. The van der Waals surface area contributed by atoms with Gasteiger partial charge in [0, 0.05) is 32.1 Å². The van der Waals surface area contributed by atoms with Crippen LogP contribution in [0.3, 0.4) is 0 Å². The van der Waals surface area contributed by atoms with E-state index in [2.05, 4.69) is 4.98 Å². The molecule has 2 aliphatic rings. The quantitative estimate of drug-likeness (QED) is 0.895. The van der Waals surface area contributed by atoms with Crippen LogP contribution >= 0.6 is 0 Å². The minimum absolute atomic E-state index is 0.00400. The minimum Gasteiger partial charge on any atom is -0.479 e. The third-order valence-corrected chi connectivity index (χ3v) is 4.75. The van der Waals surface area contributed by atoms with Gasteiger partial charge in [0.05, 0.1) is 6.33 Å². The Morgan fingerprint density at radius 2 is 2.05 bits per heavy atom. The number of likely N-dealkylation sites (tertiary alicyclic amines) is 1. The summed E-state index contributed by atoms with van der Waals surface area (Å²) in [6.45, 7) is 1.50. The highest BCUT2D eigenvalue weighted by atomic mass is 16.5. The molecule has 1 atom stereocenters. The number of aliphatic carboxylic acids is 1. The summed E-state index contributed by atoms with van der Waals surface area (Å²) in [7, 11) is 0. The lowest BCUT2D eigenvalue weighted by atomic mass is 9.87. The number of nitrogens with zero attached hydrogens (tertiary/aromatic N) is 3. The van der Waals surface area contributed by atoms with Gasteiger partial charge in [-0.25, -0.2) is 9.78 Å². The highest BCUT2D eigenvalue weighted by molar-refractivity contribution is 5.82. The van der Waals surface area contributed by atoms with Crippen LogP contribution in [0, 0.1) is 0 Å². The fourth-order valence-electron chi connectivity index (χ4n) is 3.33. The second-order valence-corrected chi connectivity index (χ2v) is 5.99. The Morgan fingerprint density at radius 3 is 2.59 bits per heavy atom. The van der Waals surface area contributed by atoms with Gasteiger partial charge in [-0.2, -0.15) is 0 Å². The highest BCUT2D eigenvalue weighted by Crippen LogP contribution is 2.31. The van der Waals surface area contributed by atoms with Crippen LogP contribution < -0.4 is 0 Å². The molecule has 3 heterocycles. The van der Waals surface area contributed by atoms with E-state index in [9.17, 15) is 14.7 Å². The van der Waals surface area contributed by atoms with Gasteiger partial charge in [0.2, 0.25) is 0 Å². The smallest absolute Gasteiger partial charge is 0.330 e. The number of carbonyl (C=O) groups excluding carboxylic acids is 1. The summed E-state index contributed by atoms with van der Waals surface area (Å²) in [4.78, 5) is 29.9. The van der Waals surface area contributed by atoms with Crippen LogP contribution in [0.5, 0.6) is 0 Å². The molecule has 0 aromatic carbocycles. The fourth-order valence-corrected chi connectivity index (χ4v) is 3.33. The summed E-state index contributed by atoms with van der Waals surface area (Å²) < 4.78 is 7.19. The van der Waals surface area contributed by atoms with E-state index in [0.717, 1.165) is 19.3 Å². The monoisotopic (exact) mass is 307 g/mol. The zero-order valence-corrected chi connectivity index (χ0v) is 12.5. The number of hydrogen-bond donors (Lipinski definition) is 1. The summed E-state index contributed by atoms with van der Waals surface area (Å²) >= 11 is 0. The van der Waals surface area contributed by atoms with Crippen LogP contribution in [0.15, 0.2) is 18.7 Å². The largest absolute Gasteiger partial charge is 0.479 e. The maximum atomic E-state index is 12.5. The SMILES string of the molecule is O=C([C@H]1CCCCO1)N1CCC(C(=O)O)(n2ccnc2)CC1. The van der Waals surface area contributed by atoms with E-state index in [1.807, 2.05) is 0 Å². The molecule has 0 aliphatic carbocycles. The number of amides is 1. The van der Waals surface area contributed by atoms with Crippen molar-refractivity contribution in [2.75, 3.05) is 19.7 Å². The molecule has 7 nitrogen and oxygen atoms in total. The second-order valence-electron chi connectivity index (χ2n) is 5.99. The molecule has 1 amide bonds. The molecule has 1 aromatic rings. The molecule has 22 heavy (non-hydrogen) atoms. The van der Waals surface area contributed by atoms with Crippen molar-refractivity contribution in [3.8, 4) is 0 Å². The third kappa shape index (κ3) is 2.61. The average molecular weight is 307 g/mol. The zero-order valence-electron chi connectivity index (χ0n) is 12.5. The van der Waals surface area contributed by atoms with Crippen molar-refractivity contribution in [2.45, 2.75) is 43.7 Å². The van der Waals surface area contributed by atoms with E-state index in [1.54, 1.807) is 21.9 Å². The number of aromatic nitrogens is 2. The van der Waals surface area contributed by atoms with Crippen molar-refractivity contribution in [2.24, 2.45) is 0 Å². The van der Waals surface area contributed by atoms with Gasteiger partial charge in [-0.3, -0.25) is 4.79 Å². The maximum absolute atomic E-state index is 12.5. The molecule has 120 valence electrons. The predicted octanol–water partition coefficient (Wildman–Crippen LogP) is 0.854. The van der Waals surface area contributed by atoms with Crippen LogP contribution in [-0.4, -0.2) is 57.2 Å². The van der Waals surface area contributed by atoms with E-state index < -0.39 is 11.5 Å². The summed E-state index contributed by atoms with van der Waals surface area (Å²) in [5.41, 5.74) is -0.999. The van der Waals surface area contributed by atoms with Crippen molar-refractivity contribution < 1.29 is 19.4 Å². The van der Waals surface area contributed by atoms with Gasteiger partial charge in [-0.15, -0.1) is 0 Å². The Morgan fingerprint density at radius 1 is 1.27 bits per heavy atom. The lowest BCUT2D eigenvalue weighted by Crippen LogP contribution is -2.54. The number of carbonyl (C=O) groups is 2. The number of hydrogen-bond acceptors (Lipinski definition) is 4. The third-order valence-electron chi connectivity index (χ3n) is 4.75. The van der Waals surface area contributed by atoms with Crippen LogP contribution in [0.4, 0.5) is 0 Å². The Labute approximate surface area is 128 Å². The molecule has 2 fully saturated rings. The molecule has 2 aliphatic heterocycles. The van der Waals surface area contributed by atoms with Crippen molar-refractivity contribution in [3.05, 3.63) is 18.7 Å². The van der Waals surface area contributed by atoms with Crippen LogP contribution in [-0.2, 0) is 19.9 Å². The Bertz CT molecular complexity index is 529. The second kappa shape index (κ2) is 6.08. The molecule has 2 saturated heterocycles. The summed E-state index contributed by atoms with van der Waals surface area (Å²) in [5, 5.41) is 9.66. The summed E-state index contributed by atoms with van der Waals surface area (Å²) in [6, 6.07) is 0. The summed E-state index contributed by atoms with van der Waals surface area (Å²) in [6.07, 6.45) is 8.00. The lowest BCUT2D eigenvalue weighted by molar-refractivity contribution is -0.156. The fraction of sp³-hybridized carbons (Fsp3) is 0.667. The predicted molar refractivity (Wildman–Crippen MR) is 77.2 cm³/mol. The van der Waals surface area contributed by atoms with Gasteiger partial charge in [-0.05, 0) is 32.1 Å². The normalized spacial score (nSPS) is 24.9. The number of rotatable bonds is 3. The number of carboxylic acid groups (broad SMARTS) is 1. The van der Waals surface area contributed by atoms with E-state index >= 15 is 0 Å². The topological polar surface area (TPSA) is 84.7 Å². The van der Waals surface area contributed by atoms with Gasteiger partial charge in [0.1, 0.15) is 11.6 Å². The van der Waals surface area contributed by atoms with E-state index in [4.69, 9.17) is 4.74 Å². The number of carboxylic acids is 1. The Balaban J connectivity index is 1.68. The van der Waals surface area contributed by atoms with Crippen molar-refractivity contribution in [1.82, 2.24) is 14.5 Å². The van der Waals surface area contributed by atoms with E-state index in [0.29, 0.717) is 32.5 Å². The number of piperidine rings is 1.